The smallest absolute Gasteiger partial charge is 0.288 e. The van der Waals surface area contributed by atoms with Crippen molar-refractivity contribution >= 4 is 33.1 Å². The van der Waals surface area contributed by atoms with Gasteiger partial charge in [-0.3, -0.25) is 9.67 Å². The summed E-state index contributed by atoms with van der Waals surface area (Å²) < 4.78 is 31.2. The van der Waals surface area contributed by atoms with Gasteiger partial charge in [-0.05, 0) is 38.9 Å². The van der Waals surface area contributed by atoms with Crippen LogP contribution in [0, 0.1) is 0 Å². The fraction of sp³-hybridized carbons (Fsp3) is 0.350. The Morgan fingerprint density at radius 2 is 1.91 bits per heavy atom. The highest BCUT2D eigenvalue weighted by atomic mass is 32.2. The first-order chi connectivity index (χ1) is 15.5. The number of hydrogen-bond acceptors (Lipinski definition) is 8. The van der Waals surface area contributed by atoms with E-state index in [1.165, 1.54) is 23.3 Å². The topological polar surface area (TPSA) is 125 Å². The quantitative estimate of drug-likeness (QED) is 0.458. The number of nitrogens with one attached hydrogen (secondary N) is 1. The van der Waals surface area contributed by atoms with Gasteiger partial charge in [0.1, 0.15) is 11.0 Å². The summed E-state index contributed by atoms with van der Waals surface area (Å²) in [4.78, 5) is 8.56. The van der Waals surface area contributed by atoms with Crippen molar-refractivity contribution in [1.29, 1.82) is 0 Å². The Kier molecular flexibility index (Phi) is 5.10. The predicted molar refractivity (Wildman–Crippen MR) is 120 cm³/mol. The zero-order valence-electron chi connectivity index (χ0n) is 17.7. The number of rotatable bonds is 5. The third-order valence-electron chi connectivity index (χ3n) is 5.64. The van der Waals surface area contributed by atoms with Gasteiger partial charge in [0.05, 0.1) is 24.6 Å². The molecule has 4 aromatic heterocycles. The maximum absolute atomic E-state index is 13.4. The molecule has 4 aromatic rings. The number of fused-ring (bicyclic) bond motifs is 1. The number of pyridine rings is 1. The van der Waals surface area contributed by atoms with Gasteiger partial charge in [-0.1, -0.05) is 0 Å². The molecular weight excluding hydrogens is 430 g/mol. The van der Waals surface area contributed by atoms with E-state index in [2.05, 4.69) is 30.6 Å². The van der Waals surface area contributed by atoms with Crippen LogP contribution < -0.4 is 5.32 Å². The van der Waals surface area contributed by atoms with Crippen LogP contribution in [0.3, 0.4) is 0 Å². The molecular formula is C20H23N9O2S. The Morgan fingerprint density at radius 1 is 1.09 bits per heavy atom. The zero-order chi connectivity index (χ0) is 22.3. The molecule has 12 heteroatoms. The van der Waals surface area contributed by atoms with Crippen LogP contribution in [-0.2, 0) is 17.1 Å². The molecule has 0 amide bonds. The molecule has 5 heterocycles. The second kappa shape index (κ2) is 7.95. The van der Waals surface area contributed by atoms with E-state index in [1.54, 1.807) is 32.4 Å². The highest BCUT2D eigenvalue weighted by molar-refractivity contribution is 7.90. The summed E-state index contributed by atoms with van der Waals surface area (Å²) >= 11 is 0. The summed E-state index contributed by atoms with van der Waals surface area (Å²) in [7, 11) is -2.38. The molecule has 0 radical (unpaired) electrons. The van der Waals surface area contributed by atoms with Crippen LogP contribution in [0.1, 0.15) is 25.8 Å². The first-order valence-corrected chi connectivity index (χ1v) is 11.8. The lowest BCUT2D eigenvalue weighted by atomic mass is 10.1. The van der Waals surface area contributed by atoms with Crippen LogP contribution in [0.4, 0.5) is 5.82 Å². The van der Waals surface area contributed by atoms with Crippen molar-refractivity contribution in [2.75, 3.05) is 13.1 Å². The molecule has 0 saturated carbocycles. The highest BCUT2D eigenvalue weighted by Crippen LogP contribution is 2.29. The molecule has 1 fully saturated rings. The Hall–Kier alpha value is -3.38. The van der Waals surface area contributed by atoms with Gasteiger partial charge >= 0.3 is 0 Å². The van der Waals surface area contributed by atoms with Gasteiger partial charge in [-0.2, -0.15) is 27.8 Å². The Bertz CT molecular complexity index is 1410. The van der Waals surface area contributed by atoms with E-state index in [0.717, 1.165) is 41.1 Å². The van der Waals surface area contributed by atoms with Crippen molar-refractivity contribution in [1.82, 2.24) is 39.0 Å². The molecule has 1 N–H and O–H groups in total. The molecule has 0 aromatic carbocycles. The molecule has 1 aliphatic heterocycles. The van der Waals surface area contributed by atoms with Crippen molar-refractivity contribution < 1.29 is 8.42 Å². The van der Waals surface area contributed by atoms with Crippen LogP contribution >= 0.6 is 0 Å². The second-order valence-electron chi connectivity index (χ2n) is 7.65. The minimum atomic E-state index is -4.02. The van der Waals surface area contributed by atoms with E-state index in [9.17, 15) is 8.42 Å². The molecule has 1 aliphatic rings. The van der Waals surface area contributed by atoms with Gasteiger partial charge in [0.2, 0.25) is 0 Å². The Morgan fingerprint density at radius 3 is 2.69 bits per heavy atom. The van der Waals surface area contributed by atoms with Crippen LogP contribution in [0.5, 0.6) is 0 Å². The minimum Gasteiger partial charge on any atom is -0.317 e. The number of aliphatic imine (C=N–C) groups is 1. The number of aromatic nitrogens is 7. The lowest BCUT2D eigenvalue weighted by Gasteiger charge is -2.22. The molecule has 0 atom stereocenters. The summed E-state index contributed by atoms with van der Waals surface area (Å²) in [6.45, 7) is 3.67. The molecule has 0 unspecified atom stereocenters. The molecule has 32 heavy (non-hydrogen) atoms. The normalized spacial score (nSPS) is 15.8. The highest BCUT2D eigenvalue weighted by Gasteiger charge is 2.27. The minimum absolute atomic E-state index is 0.0211. The molecule has 0 aliphatic carbocycles. The van der Waals surface area contributed by atoms with E-state index < -0.39 is 10.0 Å². The van der Waals surface area contributed by atoms with Crippen LogP contribution in [0.2, 0.25) is 0 Å². The first-order valence-electron chi connectivity index (χ1n) is 10.3. The van der Waals surface area contributed by atoms with Gasteiger partial charge in [-0.25, -0.2) is 9.67 Å². The number of nitrogens with zero attached hydrogens (tertiary/aromatic N) is 8. The SMILES string of the molecule is CC=Nc1c(S(=O)(=O)n2ncc3ncc(-c4cnn(C5CCNCC5)c4)cc32)cnn1C. The molecule has 1 saturated heterocycles. The zero-order valence-corrected chi connectivity index (χ0v) is 18.6. The van der Waals surface area contributed by atoms with Gasteiger partial charge in [0, 0.05) is 36.8 Å². The van der Waals surface area contributed by atoms with E-state index >= 15 is 0 Å². The maximum atomic E-state index is 13.4. The molecule has 0 spiro atoms. The predicted octanol–water partition coefficient (Wildman–Crippen LogP) is 1.91. The van der Waals surface area contributed by atoms with Crippen LogP contribution in [0.25, 0.3) is 22.2 Å². The van der Waals surface area contributed by atoms with E-state index in [-0.39, 0.29) is 10.7 Å². The van der Waals surface area contributed by atoms with Crippen molar-refractivity contribution in [3.63, 3.8) is 0 Å². The molecule has 166 valence electrons. The Labute approximate surface area is 184 Å². The summed E-state index contributed by atoms with van der Waals surface area (Å²) in [5, 5.41) is 16.1. The lowest BCUT2D eigenvalue weighted by molar-refractivity contribution is 0.343. The average molecular weight is 454 g/mol. The van der Waals surface area contributed by atoms with E-state index in [1.807, 2.05) is 10.9 Å². The number of piperidine rings is 1. The van der Waals surface area contributed by atoms with E-state index in [0.29, 0.717) is 17.1 Å². The summed E-state index contributed by atoms with van der Waals surface area (Å²) in [6, 6.07) is 2.13. The molecule has 5 rings (SSSR count). The average Bonchev–Trinajstić information content (AvgIpc) is 3.53. The van der Waals surface area contributed by atoms with Gasteiger partial charge in [0.15, 0.2) is 10.7 Å². The van der Waals surface area contributed by atoms with Crippen molar-refractivity contribution in [3.05, 3.63) is 37.1 Å². The third-order valence-corrected chi connectivity index (χ3v) is 7.23. The third kappa shape index (κ3) is 3.41. The van der Waals surface area contributed by atoms with Crippen molar-refractivity contribution in [2.45, 2.75) is 30.7 Å². The fourth-order valence-corrected chi connectivity index (χ4v) is 5.31. The summed E-state index contributed by atoms with van der Waals surface area (Å²) in [5.41, 5.74) is 2.51. The fourth-order valence-electron chi connectivity index (χ4n) is 3.95. The second-order valence-corrected chi connectivity index (χ2v) is 9.39. The first kappa shape index (κ1) is 20.5. The lowest BCUT2D eigenvalue weighted by Crippen LogP contribution is -2.29. The molecule has 0 bridgehead atoms. The maximum Gasteiger partial charge on any atom is 0.288 e. The van der Waals surface area contributed by atoms with E-state index in [4.69, 9.17) is 0 Å². The number of hydrogen-bond donors (Lipinski definition) is 1. The summed E-state index contributed by atoms with van der Waals surface area (Å²) in [6.07, 6.45) is 11.8. The number of aryl methyl sites for hydroxylation is 1. The summed E-state index contributed by atoms with van der Waals surface area (Å²) in [5.74, 6) is 0.239. The monoisotopic (exact) mass is 453 g/mol. The van der Waals surface area contributed by atoms with Gasteiger partial charge < -0.3 is 5.32 Å². The van der Waals surface area contributed by atoms with Gasteiger partial charge in [-0.15, -0.1) is 0 Å². The van der Waals surface area contributed by atoms with Crippen molar-refractivity contribution in [2.24, 2.45) is 12.0 Å². The van der Waals surface area contributed by atoms with Crippen LogP contribution in [-0.4, -0.2) is 61.5 Å². The largest absolute Gasteiger partial charge is 0.317 e. The Balaban J connectivity index is 1.56. The van der Waals surface area contributed by atoms with Crippen molar-refractivity contribution in [3.8, 4) is 11.1 Å². The standard InChI is InChI=1S/C20H23N9O2S/c1-3-22-20-19(12-24-27(20)2)32(30,31)29-18-8-14(9-23-17(18)11-26-29)15-10-25-28(13-15)16-4-6-21-7-5-16/h3,8-13,16,21H,4-7H2,1-2H3. The molecule has 11 nitrogen and oxygen atoms in total. The van der Waals surface area contributed by atoms with Crippen LogP contribution in [0.15, 0.2) is 46.9 Å². The van der Waals surface area contributed by atoms with Gasteiger partial charge in [0.25, 0.3) is 10.0 Å².